The fourth-order valence-electron chi connectivity index (χ4n) is 2.76. The van der Waals surface area contributed by atoms with Crippen molar-refractivity contribution in [1.29, 1.82) is 0 Å². The zero-order valence-corrected chi connectivity index (χ0v) is 14.4. The Bertz CT molecular complexity index is 410. The summed E-state index contributed by atoms with van der Waals surface area (Å²) in [5.41, 5.74) is 0. The minimum atomic E-state index is -3.06. The quantitative estimate of drug-likeness (QED) is 0.748. The van der Waals surface area contributed by atoms with Gasteiger partial charge in [-0.3, -0.25) is 0 Å². The normalized spacial score (nSPS) is 34.0. The highest BCUT2D eigenvalue weighted by molar-refractivity contribution is 8.00. The first-order valence-electron chi connectivity index (χ1n) is 7.06. The van der Waals surface area contributed by atoms with E-state index in [1.54, 1.807) is 6.92 Å². The van der Waals surface area contributed by atoms with Crippen molar-refractivity contribution in [2.45, 2.75) is 62.2 Å². The Hall–Kier alpha value is 0.610. The molecule has 118 valence electrons. The second kappa shape index (κ2) is 7.25. The van der Waals surface area contributed by atoms with Crippen LogP contribution in [0.1, 0.15) is 39.5 Å². The molecular formula is C12H23O5PS2. The Kier molecular flexibility index (Phi) is 6.15. The molecule has 2 saturated heterocycles. The van der Waals surface area contributed by atoms with Crippen LogP contribution in [0.5, 0.6) is 0 Å². The lowest BCUT2D eigenvalue weighted by atomic mass is 10.2. The molecule has 20 heavy (non-hydrogen) atoms. The third kappa shape index (κ3) is 4.31. The van der Waals surface area contributed by atoms with Crippen LogP contribution in [0.25, 0.3) is 0 Å². The Labute approximate surface area is 126 Å². The van der Waals surface area contributed by atoms with Crippen molar-refractivity contribution >= 4 is 30.2 Å². The summed E-state index contributed by atoms with van der Waals surface area (Å²) in [5.74, 6) is 1.37. The minimum Gasteiger partial charge on any atom is -0.328 e. The minimum absolute atomic E-state index is 0.0639. The van der Waals surface area contributed by atoms with Gasteiger partial charge in [0.15, 0.2) is 9.84 Å². The van der Waals surface area contributed by atoms with Crippen LogP contribution in [0.2, 0.25) is 0 Å². The van der Waals surface area contributed by atoms with Gasteiger partial charge in [0.1, 0.15) is 0 Å². The van der Waals surface area contributed by atoms with Gasteiger partial charge in [-0.05, 0) is 45.3 Å². The molecule has 0 bridgehead atoms. The van der Waals surface area contributed by atoms with Crippen molar-refractivity contribution < 1.29 is 22.4 Å². The smallest absolute Gasteiger partial charge is 0.328 e. The summed E-state index contributed by atoms with van der Waals surface area (Å²) in [6.07, 6.45) is 3.00. The average Bonchev–Trinajstić information content (AvgIpc) is 2.97. The van der Waals surface area contributed by atoms with E-state index in [0.29, 0.717) is 18.1 Å². The van der Waals surface area contributed by atoms with Crippen LogP contribution >= 0.6 is 20.4 Å². The van der Waals surface area contributed by atoms with Crippen LogP contribution in [0, 0.1) is 0 Å². The Balaban J connectivity index is 1.80. The number of rotatable bonds is 6. The first-order valence-corrected chi connectivity index (χ1v) is 11.0. The van der Waals surface area contributed by atoms with Gasteiger partial charge in [-0.1, -0.05) is 0 Å². The monoisotopic (exact) mass is 342 g/mol. The Morgan fingerprint density at radius 2 is 1.90 bits per heavy atom. The van der Waals surface area contributed by atoms with Gasteiger partial charge in [-0.15, -0.1) is 0 Å². The number of sulfone groups is 1. The van der Waals surface area contributed by atoms with E-state index in [2.05, 4.69) is 0 Å². The molecule has 0 amide bonds. The first kappa shape index (κ1) is 17.0. The molecule has 0 radical (unpaired) electrons. The molecule has 2 rings (SSSR count). The van der Waals surface area contributed by atoms with Crippen LogP contribution < -0.4 is 0 Å². The molecule has 8 heteroatoms. The second-order valence-electron chi connectivity index (χ2n) is 5.46. The van der Waals surface area contributed by atoms with Crippen molar-refractivity contribution in [3.8, 4) is 0 Å². The molecule has 0 aromatic heterocycles. The lowest BCUT2D eigenvalue weighted by Crippen LogP contribution is -2.30. The van der Waals surface area contributed by atoms with Crippen molar-refractivity contribution in [3.05, 3.63) is 0 Å². The third-order valence-electron chi connectivity index (χ3n) is 3.90. The van der Waals surface area contributed by atoms with Gasteiger partial charge in [0.05, 0.1) is 23.2 Å². The van der Waals surface area contributed by atoms with Gasteiger partial charge in [-0.25, -0.2) is 8.42 Å². The highest BCUT2D eigenvalue weighted by atomic mass is 32.2. The molecule has 5 nitrogen and oxygen atoms in total. The Morgan fingerprint density at radius 3 is 2.45 bits per heavy atom. The summed E-state index contributed by atoms with van der Waals surface area (Å²) in [6, 6.07) is 0. The second-order valence-corrected chi connectivity index (χ2v) is 10.0. The number of hydrogen-bond donors (Lipinski definition) is 1. The SMILES string of the molecule is CC(OP(O)OC(C)C1CCCS1(=O)=O)C1CCCS1. The van der Waals surface area contributed by atoms with Gasteiger partial charge in [0, 0.05) is 5.25 Å². The predicted molar refractivity (Wildman–Crippen MR) is 82.5 cm³/mol. The van der Waals surface area contributed by atoms with Crippen molar-refractivity contribution in [2.24, 2.45) is 0 Å². The summed E-state index contributed by atoms with van der Waals surface area (Å²) in [7, 11) is -5.07. The van der Waals surface area contributed by atoms with Gasteiger partial charge < -0.3 is 13.9 Å². The molecule has 0 saturated carbocycles. The highest BCUT2D eigenvalue weighted by Gasteiger charge is 2.38. The van der Waals surface area contributed by atoms with Gasteiger partial charge in [0.2, 0.25) is 0 Å². The summed E-state index contributed by atoms with van der Waals surface area (Å²) < 4.78 is 34.6. The zero-order valence-electron chi connectivity index (χ0n) is 11.9. The molecule has 0 spiro atoms. The molecule has 0 aromatic carbocycles. The average molecular weight is 342 g/mol. The van der Waals surface area contributed by atoms with Crippen molar-refractivity contribution in [1.82, 2.24) is 0 Å². The molecule has 2 aliphatic rings. The standard InChI is InChI=1S/C12H23O5PS2/c1-9(11-5-3-7-19-11)16-18(13)17-10(2)12-6-4-8-20(12,14)15/h9-13H,3-8H2,1-2H3. The molecular weight excluding hydrogens is 319 g/mol. The predicted octanol–water partition coefficient (Wildman–Crippen LogP) is 2.49. The van der Waals surface area contributed by atoms with E-state index in [0.717, 1.165) is 12.2 Å². The van der Waals surface area contributed by atoms with Crippen LogP contribution in [-0.2, 0) is 18.9 Å². The summed E-state index contributed by atoms with van der Waals surface area (Å²) in [6.45, 7) is 3.65. The first-order chi connectivity index (χ1) is 9.40. The molecule has 0 aromatic rings. The maximum atomic E-state index is 11.8. The molecule has 5 unspecified atom stereocenters. The maximum absolute atomic E-state index is 11.8. The fraction of sp³-hybridized carbons (Fsp3) is 1.00. The summed E-state index contributed by atoms with van der Waals surface area (Å²) in [5, 5.41) is -0.0966. The van der Waals surface area contributed by atoms with Crippen LogP contribution in [0.3, 0.4) is 0 Å². The Morgan fingerprint density at radius 1 is 1.20 bits per heavy atom. The van der Waals surface area contributed by atoms with Crippen molar-refractivity contribution in [2.75, 3.05) is 11.5 Å². The number of thioether (sulfide) groups is 1. The van der Waals surface area contributed by atoms with E-state index in [1.807, 2.05) is 18.7 Å². The fourth-order valence-corrected chi connectivity index (χ4v) is 7.17. The molecule has 5 atom stereocenters. The molecule has 2 fully saturated rings. The van der Waals surface area contributed by atoms with E-state index >= 15 is 0 Å². The van der Waals surface area contributed by atoms with Gasteiger partial charge in [-0.2, -0.15) is 11.8 Å². The summed E-state index contributed by atoms with van der Waals surface area (Å²) >= 11 is 1.86. The maximum Gasteiger partial charge on any atom is 0.330 e. The molecule has 2 heterocycles. The zero-order chi connectivity index (χ0) is 14.8. The lowest BCUT2D eigenvalue weighted by molar-refractivity contribution is 0.120. The van der Waals surface area contributed by atoms with E-state index in [-0.39, 0.29) is 11.9 Å². The van der Waals surface area contributed by atoms with E-state index < -0.39 is 29.8 Å². The van der Waals surface area contributed by atoms with E-state index in [1.165, 1.54) is 6.42 Å². The lowest BCUT2D eigenvalue weighted by Gasteiger charge is -2.25. The highest BCUT2D eigenvalue weighted by Crippen LogP contribution is 2.42. The number of hydrogen-bond acceptors (Lipinski definition) is 6. The van der Waals surface area contributed by atoms with Gasteiger partial charge >= 0.3 is 8.60 Å². The summed E-state index contributed by atoms with van der Waals surface area (Å²) in [4.78, 5) is 9.90. The van der Waals surface area contributed by atoms with E-state index in [9.17, 15) is 13.3 Å². The molecule has 0 aliphatic carbocycles. The van der Waals surface area contributed by atoms with Crippen molar-refractivity contribution in [3.63, 3.8) is 0 Å². The molecule has 2 aliphatic heterocycles. The largest absolute Gasteiger partial charge is 0.330 e. The molecule has 1 N–H and O–H groups in total. The van der Waals surface area contributed by atoms with Crippen LogP contribution in [0.4, 0.5) is 0 Å². The third-order valence-corrected chi connectivity index (χ3v) is 8.90. The van der Waals surface area contributed by atoms with Crippen LogP contribution in [-0.4, -0.2) is 47.5 Å². The topological polar surface area (TPSA) is 72.8 Å². The van der Waals surface area contributed by atoms with Gasteiger partial charge in [0.25, 0.3) is 0 Å². The van der Waals surface area contributed by atoms with E-state index in [4.69, 9.17) is 9.05 Å². The van der Waals surface area contributed by atoms with Crippen LogP contribution in [0.15, 0.2) is 0 Å².